The van der Waals surface area contributed by atoms with Crippen molar-refractivity contribution in [1.82, 2.24) is 4.90 Å². The van der Waals surface area contributed by atoms with E-state index < -0.39 is 11.4 Å². The number of aryl methyl sites for hydroxylation is 1. The van der Waals surface area contributed by atoms with Crippen LogP contribution >= 0.6 is 11.3 Å². The first kappa shape index (κ1) is 14.7. The molecule has 100 valence electrons. The fourth-order valence-electron chi connectivity index (χ4n) is 1.67. The number of hydrogen-bond donors (Lipinski definition) is 0. The van der Waals surface area contributed by atoms with E-state index in [-0.39, 0.29) is 5.91 Å². The first-order chi connectivity index (χ1) is 8.30. The average Bonchev–Trinajstić information content (AvgIpc) is 2.72. The van der Waals surface area contributed by atoms with Crippen molar-refractivity contribution in [3.8, 4) is 0 Å². The van der Waals surface area contributed by atoms with Gasteiger partial charge in [0.25, 0.3) is 0 Å². The van der Waals surface area contributed by atoms with Gasteiger partial charge in [0.2, 0.25) is 5.91 Å². The number of esters is 1. The predicted molar refractivity (Wildman–Crippen MR) is 71.3 cm³/mol. The van der Waals surface area contributed by atoms with Crippen molar-refractivity contribution >= 4 is 23.2 Å². The van der Waals surface area contributed by atoms with Crippen LogP contribution in [0.4, 0.5) is 0 Å². The van der Waals surface area contributed by atoms with E-state index in [1.165, 1.54) is 7.11 Å². The third-order valence-corrected chi connectivity index (χ3v) is 3.93. The SMILES string of the molecule is COC(=O)C(C)(C)C(=O)N(C)Cc1sccc1C. The first-order valence-electron chi connectivity index (χ1n) is 5.67. The van der Waals surface area contributed by atoms with E-state index >= 15 is 0 Å². The molecule has 0 saturated heterocycles. The molecule has 4 nitrogen and oxygen atoms in total. The maximum absolute atomic E-state index is 12.2. The Kier molecular flexibility index (Phi) is 4.51. The monoisotopic (exact) mass is 269 g/mol. The number of nitrogens with zero attached hydrogens (tertiary/aromatic N) is 1. The molecule has 0 N–H and O–H groups in total. The molecule has 1 amide bonds. The van der Waals surface area contributed by atoms with Crippen LogP contribution in [0.25, 0.3) is 0 Å². The fourth-order valence-corrected chi connectivity index (χ4v) is 2.63. The lowest BCUT2D eigenvalue weighted by Crippen LogP contribution is -2.43. The van der Waals surface area contributed by atoms with Crippen molar-refractivity contribution in [3.05, 3.63) is 21.9 Å². The topological polar surface area (TPSA) is 46.6 Å². The van der Waals surface area contributed by atoms with Crippen LogP contribution in [0, 0.1) is 12.3 Å². The van der Waals surface area contributed by atoms with Gasteiger partial charge in [-0.15, -0.1) is 11.3 Å². The van der Waals surface area contributed by atoms with Crippen LogP contribution in [0.15, 0.2) is 11.4 Å². The Morgan fingerprint density at radius 3 is 2.50 bits per heavy atom. The van der Waals surface area contributed by atoms with Crippen molar-refractivity contribution in [2.24, 2.45) is 5.41 Å². The highest BCUT2D eigenvalue weighted by Gasteiger charge is 2.39. The third kappa shape index (κ3) is 2.90. The van der Waals surface area contributed by atoms with E-state index in [2.05, 4.69) is 4.74 Å². The van der Waals surface area contributed by atoms with E-state index in [1.807, 2.05) is 18.4 Å². The smallest absolute Gasteiger partial charge is 0.320 e. The Labute approximate surface area is 112 Å². The molecule has 0 atom stereocenters. The lowest BCUT2D eigenvalue weighted by atomic mass is 9.92. The number of methoxy groups -OCH3 is 1. The van der Waals surface area contributed by atoms with Crippen LogP contribution in [0.5, 0.6) is 0 Å². The Bertz CT molecular complexity index is 451. The predicted octanol–water partition coefficient (Wildman–Crippen LogP) is 2.21. The zero-order valence-electron chi connectivity index (χ0n) is 11.4. The number of ether oxygens (including phenoxy) is 1. The summed E-state index contributed by atoms with van der Waals surface area (Å²) >= 11 is 1.61. The van der Waals surface area contributed by atoms with Crippen molar-refractivity contribution in [2.75, 3.05) is 14.2 Å². The van der Waals surface area contributed by atoms with Crippen LogP contribution in [-0.4, -0.2) is 30.9 Å². The van der Waals surface area contributed by atoms with Gasteiger partial charge in [0.15, 0.2) is 0 Å². The summed E-state index contributed by atoms with van der Waals surface area (Å²) in [6.07, 6.45) is 0. The first-order valence-corrected chi connectivity index (χ1v) is 6.55. The second-order valence-electron chi connectivity index (χ2n) is 4.80. The second kappa shape index (κ2) is 5.52. The molecule has 18 heavy (non-hydrogen) atoms. The van der Waals surface area contributed by atoms with E-state index in [0.29, 0.717) is 6.54 Å². The molecule has 5 heteroatoms. The molecule has 1 aromatic heterocycles. The molecule has 1 heterocycles. The summed E-state index contributed by atoms with van der Waals surface area (Å²) in [5.41, 5.74) is 0.0183. The van der Waals surface area contributed by atoms with E-state index in [0.717, 1.165) is 10.4 Å². The van der Waals surface area contributed by atoms with Gasteiger partial charge < -0.3 is 9.64 Å². The van der Waals surface area contributed by atoms with Crippen molar-refractivity contribution in [1.29, 1.82) is 0 Å². The van der Waals surface area contributed by atoms with Gasteiger partial charge in [-0.2, -0.15) is 0 Å². The summed E-state index contributed by atoms with van der Waals surface area (Å²) in [4.78, 5) is 26.5. The van der Waals surface area contributed by atoms with E-state index in [9.17, 15) is 9.59 Å². The van der Waals surface area contributed by atoms with Crippen molar-refractivity contribution in [3.63, 3.8) is 0 Å². The Hall–Kier alpha value is -1.36. The number of carbonyl (C=O) groups excluding carboxylic acids is 2. The summed E-state index contributed by atoms with van der Waals surface area (Å²) in [5.74, 6) is -0.746. The Morgan fingerprint density at radius 2 is 2.06 bits per heavy atom. The lowest BCUT2D eigenvalue weighted by molar-refractivity contribution is -0.160. The second-order valence-corrected chi connectivity index (χ2v) is 5.81. The van der Waals surface area contributed by atoms with Crippen LogP contribution in [-0.2, 0) is 20.9 Å². The highest BCUT2D eigenvalue weighted by Crippen LogP contribution is 2.23. The van der Waals surface area contributed by atoms with Gasteiger partial charge in [0.1, 0.15) is 5.41 Å². The Morgan fingerprint density at radius 1 is 1.44 bits per heavy atom. The Balaban J connectivity index is 2.79. The van der Waals surface area contributed by atoms with E-state index in [4.69, 9.17) is 0 Å². The minimum Gasteiger partial charge on any atom is -0.468 e. The number of amides is 1. The van der Waals surface area contributed by atoms with Gasteiger partial charge >= 0.3 is 5.97 Å². The highest BCUT2D eigenvalue weighted by atomic mass is 32.1. The highest BCUT2D eigenvalue weighted by molar-refractivity contribution is 7.10. The third-order valence-electron chi connectivity index (χ3n) is 2.93. The molecular formula is C13H19NO3S. The standard InChI is InChI=1S/C13H19NO3S/c1-9-6-7-18-10(9)8-14(4)11(15)13(2,3)12(16)17-5/h6-7H,8H2,1-5H3. The minimum absolute atomic E-state index is 0.234. The number of rotatable bonds is 4. The zero-order chi connectivity index (χ0) is 13.9. The summed E-state index contributed by atoms with van der Waals surface area (Å²) < 4.78 is 4.66. The molecule has 0 bridgehead atoms. The molecule has 0 spiro atoms. The number of carbonyl (C=O) groups is 2. The molecule has 0 radical (unpaired) electrons. The van der Waals surface area contributed by atoms with Gasteiger partial charge in [-0.3, -0.25) is 9.59 Å². The van der Waals surface area contributed by atoms with Crippen molar-refractivity contribution in [2.45, 2.75) is 27.3 Å². The average molecular weight is 269 g/mol. The molecule has 0 fully saturated rings. The van der Waals surface area contributed by atoms with Crippen LogP contribution in [0.1, 0.15) is 24.3 Å². The van der Waals surface area contributed by atoms with E-state index in [1.54, 1.807) is 37.1 Å². The van der Waals surface area contributed by atoms with Gasteiger partial charge in [-0.1, -0.05) is 0 Å². The summed E-state index contributed by atoms with van der Waals surface area (Å²) in [5, 5.41) is 1.99. The van der Waals surface area contributed by atoms with Gasteiger partial charge in [0, 0.05) is 11.9 Å². The lowest BCUT2D eigenvalue weighted by Gasteiger charge is -2.27. The summed E-state index contributed by atoms with van der Waals surface area (Å²) in [7, 11) is 2.99. The maximum Gasteiger partial charge on any atom is 0.320 e. The number of thiophene rings is 1. The fraction of sp³-hybridized carbons (Fsp3) is 0.538. The minimum atomic E-state index is -1.14. The van der Waals surface area contributed by atoms with Crippen LogP contribution in [0.3, 0.4) is 0 Å². The molecule has 0 aliphatic rings. The molecule has 0 unspecified atom stereocenters. The maximum atomic E-state index is 12.2. The molecular weight excluding hydrogens is 250 g/mol. The molecule has 0 aromatic carbocycles. The zero-order valence-corrected chi connectivity index (χ0v) is 12.3. The molecule has 0 aliphatic carbocycles. The van der Waals surface area contributed by atoms with Gasteiger partial charge in [-0.25, -0.2) is 0 Å². The van der Waals surface area contributed by atoms with Crippen LogP contribution in [0.2, 0.25) is 0 Å². The van der Waals surface area contributed by atoms with Crippen molar-refractivity contribution < 1.29 is 14.3 Å². The molecule has 1 aromatic rings. The largest absolute Gasteiger partial charge is 0.468 e. The van der Waals surface area contributed by atoms with Crippen LogP contribution < -0.4 is 0 Å². The normalized spacial score (nSPS) is 11.2. The molecule has 0 aliphatic heterocycles. The van der Waals surface area contributed by atoms with Gasteiger partial charge in [0.05, 0.1) is 13.7 Å². The number of hydrogen-bond acceptors (Lipinski definition) is 4. The molecule has 1 rings (SSSR count). The quantitative estimate of drug-likeness (QED) is 0.622. The van der Waals surface area contributed by atoms with Gasteiger partial charge in [-0.05, 0) is 37.8 Å². The molecule has 0 saturated carbocycles. The summed E-state index contributed by atoms with van der Waals surface area (Å²) in [6.45, 7) is 5.69. The summed E-state index contributed by atoms with van der Waals surface area (Å²) in [6, 6.07) is 2.02.